The van der Waals surface area contributed by atoms with Crippen LogP contribution in [-0.4, -0.2) is 16.5 Å². The van der Waals surface area contributed by atoms with Crippen LogP contribution in [0.1, 0.15) is 11.5 Å². The second-order valence-electron chi connectivity index (χ2n) is 3.17. The standard InChI is InChI=1S/C10H13N3S/c1-7-10(8-3-2-6-14-8)13-9(12-7)4-5-11/h2-3,6H,4-5,11H2,1H3,(H,12,13). The molecule has 3 nitrogen and oxygen atoms in total. The largest absolute Gasteiger partial charge is 0.346 e. The molecule has 0 saturated heterocycles. The van der Waals surface area contributed by atoms with Gasteiger partial charge in [0.05, 0.1) is 4.88 Å². The van der Waals surface area contributed by atoms with Crippen LogP contribution in [0, 0.1) is 6.92 Å². The van der Waals surface area contributed by atoms with Crippen LogP contribution in [-0.2, 0) is 6.42 Å². The number of H-pyrrole nitrogens is 1. The number of nitrogens with two attached hydrogens (primary N) is 1. The van der Waals surface area contributed by atoms with Gasteiger partial charge in [-0.25, -0.2) is 4.98 Å². The van der Waals surface area contributed by atoms with Gasteiger partial charge in [0.25, 0.3) is 0 Å². The first-order valence-corrected chi connectivity index (χ1v) is 5.48. The Labute approximate surface area is 87.0 Å². The first-order valence-electron chi connectivity index (χ1n) is 4.60. The molecule has 14 heavy (non-hydrogen) atoms. The molecule has 74 valence electrons. The minimum absolute atomic E-state index is 0.636. The number of hydrogen-bond acceptors (Lipinski definition) is 3. The van der Waals surface area contributed by atoms with Gasteiger partial charge >= 0.3 is 0 Å². The Morgan fingerprint density at radius 1 is 1.57 bits per heavy atom. The summed E-state index contributed by atoms with van der Waals surface area (Å²) < 4.78 is 0. The Kier molecular flexibility index (Phi) is 2.65. The predicted molar refractivity (Wildman–Crippen MR) is 59.4 cm³/mol. The van der Waals surface area contributed by atoms with E-state index in [-0.39, 0.29) is 0 Å². The van der Waals surface area contributed by atoms with Crippen molar-refractivity contribution in [3.05, 3.63) is 29.0 Å². The van der Waals surface area contributed by atoms with Gasteiger partial charge in [0.1, 0.15) is 11.5 Å². The lowest BCUT2D eigenvalue weighted by molar-refractivity contribution is 0.891. The summed E-state index contributed by atoms with van der Waals surface area (Å²) in [4.78, 5) is 8.98. The summed E-state index contributed by atoms with van der Waals surface area (Å²) in [6.07, 6.45) is 0.812. The first kappa shape index (κ1) is 9.43. The summed E-state index contributed by atoms with van der Waals surface area (Å²) in [5.74, 6) is 0.980. The number of imidazole rings is 1. The molecular formula is C10H13N3S. The Morgan fingerprint density at radius 3 is 3.07 bits per heavy atom. The van der Waals surface area contributed by atoms with Crippen molar-refractivity contribution >= 4 is 11.3 Å². The van der Waals surface area contributed by atoms with Crippen LogP contribution in [0.25, 0.3) is 10.6 Å². The summed E-state index contributed by atoms with van der Waals surface area (Å²) in [6.45, 7) is 2.68. The molecule has 2 rings (SSSR count). The number of thiophene rings is 1. The van der Waals surface area contributed by atoms with Crippen LogP contribution in [0.5, 0.6) is 0 Å². The van der Waals surface area contributed by atoms with Gasteiger partial charge in [-0.1, -0.05) is 6.07 Å². The second-order valence-corrected chi connectivity index (χ2v) is 4.12. The molecule has 0 atom stereocenters. The van der Waals surface area contributed by atoms with Gasteiger partial charge in [0, 0.05) is 12.1 Å². The molecule has 0 amide bonds. The van der Waals surface area contributed by atoms with E-state index in [1.807, 2.05) is 13.0 Å². The SMILES string of the molecule is Cc1[nH]c(CCN)nc1-c1cccs1. The Bertz CT molecular complexity index is 403. The normalized spacial score (nSPS) is 10.7. The van der Waals surface area contributed by atoms with E-state index in [4.69, 9.17) is 5.73 Å². The molecule has 2 heterocycles. The molecule has 0 unspecified atom stereocenters. The smallest absolute Gasteiger partial charge is 0.108 e. The minimum Gasteiger partial charge on any atom is -0.346 e. The van der Waals surface area contributed by atoms with Crippen molar-refractivity contribution in [2.24, 2.45) is 5.73 Å². The Morgan fingerprint density at radius 2 is 2.43 bits per heavy atom. The average Bonchev–Trinajstić information content (AvgIpc) is 2.74. The maximum atomic E-state index is 5.48. The van der Waals surface area contributed by atoms with E-state index in [9.17, 15) is 0 Å². The lowest BCUT2D eigenvalue weighted by Crippen LogP contribution is -2.03. The number of hydrogen-bond donors (Lipinski definition) is 2. The van der Waals surface area contributed by atoms with Crippen molar-refractivity contribution in [2.45, 2.75) is 13.3 Å². The monoisotopic (exact) mass is 207 g/mol. The highest BCUT2D eigenvalue weighted by molar-refractivity contribution is 7.13. The van der Waals surface area contributed by atoms with E-state index in [0.29, 0.717) is 6.54 Å². The molecule has 0 radical (unpaired) electrons. The highest BCUT2D eigenvalue weighted by atomic mass is 32.1. The fourth-order valence-corrected chi connectivity index (χ4v) is 2.20. The van der Waals surface area contributed by atoms with Crippen LogP contribution in [0.3, 0.4) is 0 Å². The Hall–Kier alpha value is -1.13. The summed E-state index contributed by atoms with van der Waals surface area (Å²) >= 11 is 1.71. The van der Waals surface area contributed by atoms with Crippen LogP contribution < -0.4 is 5.73 Å². The lowest BCUT2D eigenvalue weighted by atomic mass is 10.3. The van der Waals surface area contributed by atoms with Crippen LogP contribution in [0.15, 0.2) is 17.5 Å². The van der Waals surface area contributed by atoms with Crippen LogP contribution >= 0.6 is 11.3 Å². The predicted octanol–water partition coefficient (Wildman–Crippen LogP) is 1.95. The van der Waals surface area contributed by atoms with Gasteiger partial charge in [0.15, 0.2) is 0 Å². The zero-order chi connectivity index (χ0) is 9.97. The van der Waals surface area contributed by atoms with Crippen LogP contribution in [0.2, 0.25) is 0 Å². The van der Waals surface area contributed by atoms with Crippen molar-refractivity contribution in [1.82, 2.24) is 9.97 Å². The zero-order valence-electron chi connectivity index (χ0n) is 8.08. The van der Waals surface area contributed by atoms with Gasteiger partial charge < -0.3 is 10.7 Å². The number of nitrogens with one attached hydrogen (secondary N) is 1. The van der Waals surface area contributed by atoms with Crippen molar-refractivity contribution in [1.29, 1.82) is 0 Å². The zero-order valence-corrected chi connectivity index (χ0v) is 8.90. The molecule has 0 spiro atoms. The topological polar surface area (TPSA) is 54.7 Å². The summed E-state index contributed by atoms with van der Waals surface area (Å²) in [7, 11) is 0. The highest BCUT2D eigenvalue weighted by Crippen LogP contribution is 2.25. The molecule has 0 aliphatic heterocycles. The summed E-state index contributed by atoms with van der Waals surface area (Å²) in [5, 5.41) is 2.06. The van der Waals surface area contributed by atoms with Gasteiger partial charge in [-0.15, -0.1) is 11.3 Å². The molecule has 0 aliphatic rings. The minimum atomic E-state index is 0.636. The summed E-state index contributed by atoms with van der Waals surface area (Å²) in [6, 6.07) is 4.12. The van der Waals surface area contributed by atoms with E-state index in [1.165, 1.54) is 4.88 Å². The average molecular weight is 207 g/mol. The van der Waals surface area contributed by atoms with E-state index >= 15 is 0 Å². The first-order chi connectivity index (χ1) is 6.81. The molecular weight excluding hydrogens is 194 g/mol. The number of aromatic amines is 1. The molecule has 0 bridgehead atoms. The fourth-order valence-electron chi connectivity index (χ4n) is 1.43. The van der Waals surface area contributed by atoms with Gasteiger partial charge in [-0.3, -0.25) is 0 Å². The van der Waals surface area contributed by atoms with E-state index in [0.717, 1.165) is 23.6 Å². The third-order valence-electron chi connectivity index (χ3n) is 2.07. The molecule has 0 fully saturated rings. The van der Waals surface area contributed by atoms with E-state index < -0.39 is 0 Å². The number of aromatic nitrogens is 2. The van der Waals surface area contributed by atoms with Crippen molar-refractivity contribution in [2.75, 3.05) is 6.54 Å². The van der Waals surface area contributed by atoms with Crippen LogP contribution in [0.4, 0.5) is 0 Å². The van der Waals surface area contributed by atoms with E-state index in [2.05, 4.69) is 21.4 Å². The molecule has 4 heteroatoms. The van der Waals surface area contributed by atoms with E-state index in [1.54, 1.807) is 11.3 Å². The Balaban J connectivity index is 2.35. The quantitative estimate of drug-likeness (QED) is 0.808. The van der Waals surface area contributed by atoms with Gasteiger partial charge in [-0.2, -0.15) is 0 Å². The maximum Gasteiger partial charge on any atom is 0.108 e. The fraction of sp³-hybridized carbons (Fsp3) is 0.300. The molecule has 2 aromatic rings. The third kappa shape index (κ3) is 1.71. The molecule has 0 saturated carbocycles. The third-order valence-corrected chi connectivity index (χ3v) is 2.95. The lowest BCUT2D eigenvalue weighted by Gasteiger charge is -1.90. The van der Waals surface area contributed by atoms with Crippen molar-refractivity contribution < 1.29 is 0 Å². The maximum absolute atomic E-state index is 5.48. The molecule has 2 aromatic heterocycles. The number of aryl methyl sites for hydroxylation is 1. The van der Waals surface area contributed by atoms with Crippen molar-refractivity contribution in [3.63, 3.8) is 0 Å². The highest BCUT2D eigenvalue weighted by Gasteiger charge is 2.08. The number of nitrogens with zero attached hydrogens (tertiary/aromatic N) is 1. The summed E-state index contributed by atoms with van der Waals surface area (Å²) in [5.41, 5.74) is 7.66. The second kappa shape index (κ2) is 3.94. The molecule has 3 N–H and O–H groups in total. The van der Waals surface area contributed by atoms with Gasteiger partial charge in [-0.05, 0) is 24.9 Å². The number of rotatable bonds is 3. The van der Waals surface area contributed by atoms with Crippen molar-refractivity contribution in [3.8, 4) is 10.6 Å². The molecule has 0 aliphatic carbocycles. The van der Waals surface area contributed by atoms with Gasteiger partial charge in [0.2, 0.25) is 0 Å². The molecule has 0 aromatic carbocycles.